The van der Waals surface area contributed by atoms with Crippen molar-refractivity contribution in [3.63, 3.8) is 0 Å². The molecule has 5 rings (SSSR count). The molecule has 3 aromatic rings. The third-order valence-corrected chi connectivity index (χ3v) is 7.38. The molecular weight excluding hydrogens is 491 g/mol. The second-order valence-electron chi connectivity index (χ2n) is 9.08. The van der Waals surface area contributed by atoms with E-state index in [1.165, 1.54) is 0 Å². The van der Waals surface area contributed by atoms with Crippen molar-refractivity contribution in [3.8, 4) is 6.07 Å². The van der Waals surface area contributed by atoms with E-state index in [1.54, 1.807) is 0 Å². The van der Waals surface area contributed by atoms with E-state index >= 15 is 0 Å². The molecule has 2 aliphatic rings. The summed E-state index contributed by atoms with van der Waals surface area (Å²) in [6.45, 7) is 7.39. The molecule has 0 spiro atoms. The number of piperazine rings is 1. The van der Waals surface area contributed by atoms with Crippen LogP contribution >= 0.6 is 24.8 Å². The number of benzene rings is 3. The molecule has 0 saturated carbocycles. The number of fused-ring (bicyclic) bond motifs is 1. The van der Waals surface area contributed by atoms with Crippen LogP contribution in [-0.2, 0) is 10.2 Å². The average molecular weight is 524 g/mol. The van der Waals surface area contributed by atoms with E-state index in [9.17, 15) is 4.79 Å². The minimum atomic E-state index is -0.641. The zero-order valence-corrected chi connectivity index (χ0v) is 22.1. The van der Waals surface area contributed by atoms with Gasteiger partial charge in [0.1, 0.15) is 5.41 Å². The second-order valence-corrected chi connectivity index (χ2v) is 9.08. The molecular formula is C29H32Cl2N4O. The first kappa shape index (κ1) is 27.5. The van der Waals surface area contributed by atoms with Crippen LogP contribution in [0.4, 0.5) is 11.4 Å². The zero-order chi connectivity index (χ0) is 23.5. The Kier molecular flexibility index (Phi) is 9.03. The number of amides is 1. The number of carbonyl (C=O) groups excluding carboxylic acids is 1. The highest BCUT2D eigenvalue weighted by Gasteiger charge is 2.51. The van der Waals surface area contributed by atoms with Crippen LogP contribution in [0, 0.1) is 11.3 Å². The molecule has 0 radical (unpaired) electrons. The topological polar surface area (TPSA) is 50.6 Å². The second kappa shape index (κ2) is 11.8. The van der Waals surface area contributed by atoms with Gasteiger partial charge in [-0.1, -0.05) is 48.5 Å². The van der Waals surface area contributed by atoms with Crippen LogP contribution in [-0.4, -0.2) is 50.1 Å². The highest BCUT2D eigenvalue weighted by atomic mass is 35.5. The van der Waals surface area contributed by atoms with Crippen LogP contribution in [0.2, 0.25) is 0 Å². The van der Waals surface area contributed by atoms with Gasteiger partial charge in [-0.2, -0.15) is 5.26 Å². The number of para-hydroxylation sites is 1. The Bertz CT molecular complexity index is 1200. The summed E-state index contributed by atoms with van der Waals surface area (Å²) in [7, 11) is 0. The first-order valence-corrected chi connectivity index (χ1v) is 12.1. The molecule has 188 valence electrons. The first-order chi connectivity index (χ1) is 16.7. The predicted molar refractivity (Wildman–Crippen MR) is 151 cm³/mol. The van der Waals surface area contributed by atoms with Crippen molar-refractivity contribution in [1.82, 2.24) is 4.90 Å². The number of hydrogen-bond donors (Lipinski definition) is 0. The number of hydrogen-bond acceptors (Lipinski definition) is 4. The SMILES string of the molecule is CCN1C(=O)C(CCN2CCN(c3ccc(C#N)cc3)CC2)(c2ccccc2)c2ccccc21.Cl.Cl. The van der Waals surface area contributed by atoms with Crippen molar-refractivity contribution in [2.75, 3.05) is 49.1 Å². The molecule has 7 heteroatoms. The Labute approximate surface area is 226 Å². The molecule has 1 atom stereocenters. The van der Waals surface area contributed by atoms with Gasteiger partial charge >= 0.3 is 0 Å². The maximum absolute atomic E-state index is 14.0. The molecule has 1 amide bonds. The lowest BCUT2D eigenvalue weighted by Gasteiger charge is -2.38. The van der Waals surface area contributed by atoms with Crippen LogP contribution < -0.4 is 9.80 Å². The molecule has 0 aromatic heterocycles. The van der Waals surface area contributed by atoms with Gasteiger partial charge in [-0.05, 0) is 61.3 Å². The van der Waals surface area contributed by atoms with Gasteiger partial charge in [-0.3, -0.25) is 9.69 Å². The highest BCUT2D eigenvalue weighted by Crippen LogP contribution is 2.48. The van der Waals surface area contributed by atoms with Crippen LogP contribution in [0.25, 0.3) is 0 Å². The van der Waals surface area contributed by atoms with Gasteiger partial charge < -0.3 is 9.80 Å². The van der Waals surface area contributed by atoms with Gasteiger partial charge in [0.05, 0.1) is 11.6 Å². The molecule has 0 bridgehead atoms. The standard InChI is InChI=1S/C29H30N4O.2ClH/c1-2-33-27-11-7-6-10-26(27)29(28(33)34,24-8-4-3-5-9-24)16-17-31-18-20-32(21-19-31)25-14-12-23(22-30)13-15-25;;/h3-15H,2,16-21H2,1H3;2*1H. The lowest BCUT2D eigenvalue weighted by molar-refractivity contribution is -0.122. The number of nitriles is 1. The molecule has 36 heavy (non-hydrogen) atoms. The average Bonchev–Trinajstić information content (AvgIpc) is 3.16. The smallest absolute Gasteiger partial charge is 0.242 e. The summed E-state index contributed by atoms with van der Waals surface area (Å²) in [6, 6.07) is 28.6. The fraction of sp³-hybridized carbons (Fsp3) is 0.310. The Morgan fingerprint density at radius 2 is 1.50 bits per heavy atom. The molecule has 2 aliphatic heterocycles. The summed E-state index contributed by atoms with van der Waals surface area (Å²) in [5, 5.41) is 9.04. The lowest BCUT2D eigenvalue weighted by atomic mass is 9.72. The third-order valence-electron chi connectivity index (χ3n) is 7.38. The lowest BCUT2D eigenvalue weighted by Crippen LogP contribution is -2.49. The Morgan fingerprint density at radius 1 is 0.861 bits per heavy atom. The van der Waals surface area contributed by atoms with Crippen LogP contribution in [0.5, 0.6) is 0 Å². The van der Waals surface area contributed by atoms with Crippen LogP contribution in [0.1, 0.15) is 30.0 Å². The van der Waals surface area contributed by atoms with E-state index in [-0.39, 0.29) is 30.7 Å². The van der Waals surface area contributed by atoms with E-state index in [1.807, 2.05) is 53.4 Å². The quantitative estimate of drug-likeness (QED) is 0.442. The third kappa shape index (κ3) is 4.82. The molecule has 1 fully saturated rings. The largest absolute Gasteiger partial charge is 0.369 e. The minimum Gasteiger partial charge on any atom is -0.369 e. The number of nitrogens with zero attached hydrogens (tertiary/aromatic N) is 4. The van der Waals surface area contributed by atoms with Gasteiger partial charge in [-0.15, -0.1) is 24.8 Å². The zero-order valence-electron chi connectivity index (χ0n) is 20.5. The molecule has 3 aromatic carbocycles. The number of halogens is 2. The molecule has 1 saturated heterocycles. The summed E-state index contributed by atoms with van der Waals surface area (Å²) in [6.07, 6.45) is 0.764. The van der Waals surface area contributed by atoms with E-state index < -0.39 is 5.41 Å². The number of rotatable bonds is 6. The maximum atomic E-state index is 14.0. The molecule has 2 heterocycles. The van der Waals surface area contributed by atoms with Crippen molar-refractivity contribution in [1.29, 1.82) is 5.26 Å². The number of carbonyl (C=O) groups is 1. The van der Waals surface area contributed by atoms with Gasteiger partial charge in [0.25, 0.3) is 0 Å². The summed E-state index contributed by atoms with van der Waals surface area (Å²) in [5.41, 5.74) is 4.47. The fourth-order valence-electron chi connectivity index (χ4n) is 5.53. The monoisotopic (exact) mass is 522 g/mol. The van der Waals surface area contributed by atoms with E-state index in [0.717, 1.165) is 61.6 Å². The van der Waals surface area contributed by atoms with Crippen LogP contribution in [0.15, 0.2) is 78.9 Å². The van der Waals surface area contributed by atoms with E-state index in [2.05, 4.69) is 53.1 Å². The number of anilines is 2. The molecule has 0 aliphatic carbocycles. The van der Waals surface area contributed by atoms with Gasteiger partial charge in [0.15, 0.2) is 0 Å². The number of likely N-dealkylation sites (N-methyl/N-ethyl adjacent to an activating group) is 1. The summed E-state index contributed by atoms with van der Waals surface area (Å²) < 4.78 is 0. The Morgan fingerprint density at radius 3 is 2.14 bits per heavy atom. The van der Waals surface area contributed by atoms with Gasteiger partial charge in [0.2, 0.25) is 5.91 Å². The summed E-state index contributed by atoms with van der Waals surface area (Å²) in [5.74, 6) is 0.193. The summed E-state index contributed by atoms with van der Waals surface area (Å²) >= 11 is 0. The van der Waals surface area contributed by atoms with Crippen LogP contribution in [0.3, 0.4) is 0 Å². The van der Waals surface area contributed by atoms with Gasteiger partial charge in [0, 0.05) is 44.1 Å². The Hall–Kier alpha value is -3.04. The van der Waals surface area contributed by atoms with Crippen molar-refractivity contribution < 1.29 is 4.79 Å². The van der Waals surface area contributed by atoms with Crippen molar-refractivity contribution >= 4 is 42.1 Å². The molecule has 5 nitrogen and oxygen atoms in total. The molecule has 0 N–H and O–H groups in total. The minimum absolute atomic E-state index is 0. The molecule has 1 unspecified atom stereocenters. The maximum Gasteiger partial charge on any atom is 0.242 e. The van der Waals surface area contributed by atoms with E-state index in [4.69, 9.17) is 5.26 Å². The van der Waals surface area contributed by atoms with E-state index in [0.29, 0.717) is 12.1 Å². The highest BCUT2D eigenvalue weighted by molar-refractivity contribution is 6.10. The Balaban J connectivity index is 0.00000180. The summed E-state index contributed by atoms with van der Waals surface area (Å²) in [4.78, 5) is 20.8. The predicted octanol–water partition coefficient (Wildman–Crippen LogP) is 5.27. The van der Waals surface area contributed by atoms with Crippen molar-refractivity contribution in [3.05, 3.63) is 95.6 Å². The van der Waals surface area contributed by atoms with Crippen molar-refractivity contribution in [2.24, 2.45) is 0 Å². The van der Waals surface area contributed by atoms with Crippen molar-refractivity contribution in [2.45, 2.75) is 18.8 Å². The van der Waals surface area contributed by atoms with Gasteiger partial charge in [-0.25, -0.2) is 0 Å². The normalized spacial score (nSPS) is 19.2. The fourth-order valence-corrected chi connectivity index (χ4v) is 5.53. The first-order valence-electron chi connectivity index (χ1n) is 12.1.